The van der Waals surface area contributed by atoms with Gasteiger partial charge in [-0.2, -0.15) is 0 Å². The van der Waals surface area contributed by atoms with E-state index in [0.717, 1.165) is 21.5 Å². The molecule has 0 aliphatic heterocycles. The van der Waals surface area contributed by atoms with Crippen LogP contribution in [0.15, 0.2) is 174 Å². The lowest BCUT2D eigenvalue weighted by Crippen LogP contribution is -1.93. The van der Waals surface area contributed by atoms with Crippen LogP contribution in [0.5, 0.6) is 0 Å². The smallest absolute Gasteiger partial charge is 0.143 e. The SMILES string of the molecule is [2H]c1c([2H])c([2H])c2c([2H])c(-c3c4c([2H])c([2H])c([2H])c([2H])c4c(-c4ccccc4-c4cccc5c4oc4ccc6ccccc6c45)c4c([2H])c([2H])c([2H])c([2H])c34)c([2H])c([2H])c2c1[2H]. The second kappa shape index (κ2) is 10.2. The second-order valence-corrected chi connectivity index (χ2v) is 11.2. The summed E-state index contributed by atoms with van der Waals surface area (Å²) in [5.41, 5.74) is 1.65. The first kappa shape index (κ1) is 15.4. The minimum atomic E-state index is -0.743. The van der Waals surface area contributed by atoms with Gasteiger partial charge in [0, 0.05) is 16.3 Å². The summed E-state index contributed by atoms with van der Waals surface area (Å²) in [6.45, 7) is 0. The fraction of sp³-hybridized carbons (Fsp3) is 0. The third-order valence-corrected chi connectivity index (χ3v) is 8.75. The molecule has 0 spiro atoms. The van der Waals surface area contributed by atoms with Gasteiger partial charge < -0.3 is 4.42 Å². The van der Waals surface area contributed by atoms with Crippen LogP contribution >= 0.6 is 0 Å². The maximum Gasteiger partial charge on any atom is 0.143 e. The topological polar surface area (TPSA) is 13.1 Å². The van der Waals surface area contributed by atoms with E-state index < -0.39 is 107 Å². The van der Waals surface area contributed by atoms with Gasteiger partial charge in [0.15, 0.2) is 0 Å². The molecule has 0 bridgehead atoms. The summed E-state index contributed by atoms with van der Waals surface area (Å²) in [6.07, 6.45) is 0. The number of hydrogen-bond donors (Lipinski definition) is 0. The highest BCUT2D eigenvalue weighted by molar-refractivity contribution is 6.24. The maximum atomic E-state index is 9.50. The van der Waals surface area contributed by atoms with Crippen molar-refractivity contribution in [2.24, 2.45) is 0 Å². The highest BCUT2D eigenvalue weighted by Crippen LogP contribution is 2.48. The van der Waals surface area contributed by atoms with Crippen LogP contribution in [0.2, 0.25) is 0 Å². The molecule has 1 nitrogen and oxygen atoms in total. The molecule has 0 fully saturated rings. The fourth-order valence-electron chi connectivity index (χ4n) is 6.77. The summed E-state index contributed by atoms with van der Waals surface area (Å²) in [5, 5.41) is 1.79. The van der Waals surface area contributed by atoms with Crippen molar-refractivity contribution in [3.63, 3.8) is 0 Å². The van der Waals surface area contributed by atoms with Crippen molar-refractivity contribution >= 4 is 65.0 Å². The summed E-state index contributed by atoms with van der Waals surface area (Å²) in [5.74, 6) is 0. The van der Waals surface area contributed by atoms with Crippen LogP contribution in [0.3, 0.4) is 0 Å². The van der Waals surface area contributed by atoms with Crippen LogP contribution in [0.25, 0.3) is 98.4 Å². The van der Waals surface area contributed by atoms with Crippen molar-refractivity contribution in [1.29, 1.82) is 0 Å². The molecule has 1 heteroatoms. The van der Waals surface area contributed by atoms with Gasteiger partial charge in [0.2, 0.25) is 0 Å². The van der Waals surface area contributed by atoms with E-state index in [4.69, 9.17) is 16.8 Å². The molecule has 0 saturated carbocycles. The molecule has 0 radical (unpaired) electrons. The lowest BCUT2D eigenvalue weighted by molar-refractivity contribution is 0.670. The first-order chi connectivity index (χ1) is 29.6. The van der Waals surface area contributed by atoms with Gasteiger partial charge in [0.05, 0.1) is 20.6 Å². The Hall–Kier alpha value is -6.18. The molecule has 0 aliphatic rings. The van der Waals surface area contributed by atoms with E-state index in [1.54, 1.807) is 24.3 Å². The number of furan rings is 1. The van der Waals surface area contributed by atoms with E-state index in [1.807, 2.05) is 54.6 Å². The number of benzene rings is 9. The van der Waals surface area contributed by atoms with E-state index in [-0.39, 0.29) is 32.7 Å². The quantitative estimate of drug-likeness (QED) is 0.181. The third-order valence-electron chi connectivity index (χ3n) is 8.75. The Bertz CT molecular complexity index is 3620. The summed E-state index contributed by atoms with van der Waals surface area (Å²) in [7, 11) is 0. The van der Waals surface area contributed by atoms with E-state index in [2.05, 4.69) is 0 Å². The molecule has 0 aliphatic carbocycles. The Morgan fingerprint density at radius 1 is 0.404 bits per heavy atom. The molecule has 10 aromatic rings. The molecule has 10 rings (SSSR count). The van der Waals surface area contributed by atoms with Crippen molar-refractivity contribution in [3.05, 3.63) is 169 Å². The van der Waals surface area contributed by atoms with Crippen molar-refractivity contribution in [3.8, 4) is 33.4 Å². The molecule has 0 unspecified atom stereocenters. The van der Waals surface area contributed by atoms with Crippen molar-refractivity contribution in [2.45, 2.75) is 0 Å². The predicted octanol–water partition coefficient (Wildman–Crippen LogP) is 13.2. The van der Waals surface area contributed by atoms with Crippen molar-refractivity contribution in [1.82, 2.24) is 0 Å². The normalized spacial score (nSPS) is 16.3. The zero-order valence-electron chi connectivity index (χ0n) is 39.4. The molecule has 218 valence electrons. The molecular weight excluding hydrogens is 569 g/mol. The highest BCUT2D eigenvalue weighted by atomic mass is 16.3. The summed E-state index contributed by atoms with van der Waals surface area (Å²) in [4.78, 5) is 0. The minimum Gasteiger partial charge on any atom is -0.455 e. The molecular formula is C46H28O. The first-order valence-electron chi connectivity index (χ1n) is 22.5. The van der Waals surface area contributed by atoms with Gasteiger partial charge in [0.1, 0.15) is 11.2 Å². The predicted molar refractivity (Wildman–Crippen MR) is 200 cm³/mol. The largest absolute Gasteiger partial charge is 0.455 e. The first-order valence-corrected chi connectivity index (χ1v) is 15.0. The average molecular weight is 612 g/mol. The molecule has 1 aromatic heterocycles. The Balaban J connectivity index is 1.45. The van der Waals surface area contributed by atoms with Gasteiger partial charge in [-0.05, 0) is 83.0 Å². The summed E-state index contributed by atoms with van der Waals surface area (Å²) < 4.78 is 142. The van der Waals surface area contributed by atoms with Crippen LogP contribution in [0.4, 0.5) is 0 Å². The van der Waals surface area contributed by atoms with E-state index in [9.17, 15) is 8.22 Å². The van der Waals surface area contributed by atoms with Crippen LogP contribution in [-0.4, -0.2) is 0 Å². The number of fused-ring (bicyclic) bond motifs is 8. The van der Waals surface area contributed by atoms with Crippen LogP contribution < -0.4 is 0 Å². The van der Waals surface area contributed by atoms with Gasteiger partial charge in [-0.3, -0.25) is 0 Å². The van der Waals surface area contributed by atoms with Crippen LogP contribution in [0.1, 0.15) is 20.6 Å². The van der Waals surface area contributed by atoms with Crippen LogP contribution in [-0.2, 0) is 0 Å². The number of rotatable bonds is 3. The Labute approximate surface area is 293 Å². The Morgan fingerprint density at radius 3 is 1.81 bits per heavy atom. The van der Waals surface area contributed by atoms with E-state index in [0.29, 0.717) is 27.9 Å². The third kappa shape index (κ3) is 3.90. The molecule has 0 N–H and O–H groups in total. The molecule has 0 saturated heterocycles. The molecule has 9 aromatic carbocycles. The average Bonchev–Trinajstić information content (AvgIpc) is 3.67. The number of hydrogen-bond acceptors (Lipinski definition) is 1. The zero-order valence-corrected chi connectivity index (χ0v) is 24.4. The molecule has 0 atom stereocenters. The highest BCUT2D eigenvalue weighted by Gasteiger charge is 2.21. The Morgan fingerprint density at radius 2 is 1.02 bits per heavy atom. The fourth-order valence-corrected chi connectivity index (χ4v) is 6.77. The molecule has 0 amide bonds. The monoisotopic (exact) mass is 611 g/mol. The van der Waals surface area contributed by atoms with E-state index >= 15 is 0 Å². The van der Waals surface area contributed by atoms with E-state index in [1.165, 1.54) is 0 Å². The standard InChI is InChI=1S/C46H28O/c1-2-14-31-28-32(25-24-29(31)12-1)43-36-18-7-9-20-38(36)44(39-21-10-8-19-37(39)43)35-17-6-5-16-34(35)40-22-11-23-41-45-33-15-4-3-13-30(33)26-27-42(45)47-46(40)41/h1-28H/i1D,2D,7D,8D,9D,10D,12D,14D,18D,19D,20D,21D,24D,25D,28D. The lowest BCUT2D eigenvalue weighted by Gasteiger charge is -2.20. The zero-order chi connectivity index (χ0) is 44.0. The van der Waals surface area contributed by atoms with Gasteiger partial charge in [-0.1, -0.05) is 157 Å². The number of para-hydroxylation sites is 1. The van der Waals surface area contributed by atoms with Gasteiger partial charge in [0.25, 0.3) is 0 Å². The minimum absolute atomic E-state index is 0.0128. The maximum absolute atomic E-state index is 9.50. The van der Waals surface area contributed by atoms with Gasteiger partial charge >= 0.3 is 0 Å². The molecule has 47 heavy (non-hydrogen) atoms. The van der Waals surface area contributed by atoms with Crippen LogP contribution in [0, 0.1) is 0 Å². The summed E-state index contributed by atoms with van der Waals surface area (Å²) >= 11 is 0. The van der Waals surface area contributed by atoms with Gasteiger partial charge in [-0.15, -0.1) is 0 Å². The Kier molecular flexibility index (Phi) is 3.33. The van der Waals surface area contributed by atoms with Crippen molar-refractivity contribution in [2.75, 3.05) is 0 Å². The second-order valence-electron chi connectivity index (χ2n) is 11.2. The van der Waals surface area contributed by atoms with Crippen molar-refractivity contribution < 1.29 is 25.0 Å². The van der Waals surface area contributed by atoms with Gasteiger partial charge in [-0.25, -0.2) is 0 Å². The lowest BCUT2D eigenvalue weighted by atomic mass is 9.83. The molecule has 1 heterocycles. The summed E-state index contributed by atoms with van der Waals surface area (Å²) in [6, 6.07) is 14.2.